The van der Waals surface area contributed by atoms with E-state index in [0.717, 1.165) is 17.0 Å². The summed E-state index contributed by atoms with van der Waals surface area (Å²) in [4.78, 5) is 1.07. The molecule has 0 spiro atoms. The van der Waals surface area contributed by atoms with E-state index in [1.165, 1.54) is 12.1 Å². The molecule has 1 aromatic rings. The number of benzene rings is 1. The first-order valence-corrected chi connectivity index (χ1v) is 5.35. The number of nitriles is 1. The predicted molar refractivity (Wildman–Crippen MR) is 64.0 cm³/mol. The highest BCUT2D eigenvalue weighted by molar-refractivity contribution is 6.30. The standard InChI is InChI=1S/C12H10ClF3N2/c1-8(13)9(2)18(7-17)11-5-3-4-10(6-11)12(14,15)16/h3-6,9H,1H2,2H3. The zero-order chi connectivity index (χ0) is 13.9. The lowest BCUT2D eigenvalue weighted by Gasteiger charge is -2.23. The van der Waals surface area contributed by atoms with Gasteiger partial charge in [0.1, 0.15) is 0 Å². The van der Waals surface area contributed by atoms with Crippen LogP contribution in [0.4, 0.5) is 18.9 Å². The van der Waals surface area contributed by atoms with Crippen molar-refractivity contribution >= 4 is 17.3 Å². The Kier molecular flexibility index (Phi) is 4.25. The normalized spacial score (nSPS) is 12.7. The third-order valence-electron chi connectivity index (χ3n) is 2.40. The molecule has 2 nitrogen and oxygen atoms in total. The molecule has 0 aliphatic carbocycles. The van der Waals surface area contributed by atoms with Gasteiger partial charge in [-0.25, -0.2) is 0 Å². The Labute approximate surface area is 108 Å². The van der Waals surface area contributed by atoms with Crippen LogP contribution in [0, 0.1) is 11.5 Å². The maximum Gasteiger partial charge on any atom is 0.416 e. The van der Waals surface area contributed by atoms with Gasteiger partial charge in [-0.05, 0) is 25.1 Å². The van der Waals surface area contributed by atoms with Gasteiger partial charge in [-0.3, -0.25) is 4.90 Å². The van der Waals surface area contributed by atoms with Crippen LogP contribution in [0.3, 0.4) is 0 Å². The third kappa shape index (κ3) is 3.17. The summed E-state index contributed by atoms with van der Waals surface area (Å²) in [5.41, 5.74) is -0.686. The van der Waals surface area contributed by atoms with Crippen LogP contribution in [-0.4, -0.2) is 6.04 Å². The second-order valence-electron chi connectivity index (χ2n) is 3.64. The Hall–Kier alpha value is -1.67. The Balaban J connectivity index is 3.17. The molecule has 1 rings (SSSR count). The minimum atomic E-state index is -4.45. The fourth-order valence-corrected chi connectivity index (χ4v) is 1.44. The lowest BCUT2D eigenvalue weighted by molar-refractivity contribution is -0.137. The molecule has 0 amide bonds. The van der Waals surface area contributed by atoms with Crippen molar-refractivity contribution in [2.45, 2.75) is 19.1 Å². The second kappa shape index (κ2) is 5.32. The van der Waals surface area contributed by atoms with Crippen LogP contribution >= 0.6 is 11.6 Å². The van der Waals surface area contributed by atoms with E-state index in [4.69, 9.17) is 16.9 Å². The highest BCUT2D eigenvalue weighted by Gasteiger charge is 2.31. The monoisotopic (exact) mass is 274 g/mol. The van der Waals surface area contributed by atoms with Gasteiger partial charge in [0.15, 0.2) is 6.19 Å². The second-order valence-corrected chi connectivity index (χ2v) is 4.13. The average molecular weight is 275 g/mol. The molecule has 0 aliphatic rings. The van der Waals surface area contributed by atoms with Crippen LogP contribution in [0.15, 0.2) is 35.9 Å². The molecule has 0 saturated heterocycles. The lowest BCUT2D eigenvalue weighted by Crippen LogP contribution is -2.28. The molecule has 0 fully saturated rings. The zero-order valence-electron chi connectivity index (χ0n) is 9.50. The van der Waals surface area contributed by atoms with Crippen LogP contribution in [0.1, 0.15) is 12.5 Å². The van der Waals surface area contributed by atoms with Gasteiger partial charge < -0.3 is 0 Å². The Morgan fingerprint density at radius 2 is 2.11 bits per heavy atom. The van der Waals surface area contributed by atoms with E-state index < -0.39 is 17.8 Å². The van der Waals surface area contributed by atoms with E-state index in [1.54, 1.807) is 13.1 Å². The van der Waals surface area contributed by atoms with Crippen molar-refractivity contribution in [3.63, 3.8) is 0 Å². The molecule has 0 bridgehead atoms. The molecule has 0 N–H and O–H groups in total. The van der Waals surface area contributed by atoms with Gasteiger partial charge in [-0.2, -0.15) is 18.4 Å². The highest BCUT2D eigenvalue weighted by atomic mass is 35.5. The van der Waals surface area contributed by atoms with Crippen LogP contribution in [0.2, 0.25) is 0 Å². The Bertz CT molecular complexity index is 491. The van der Waals surface area contributed by atoms with Crippen molar-refractivity contribution in [2.75, 3.05) is 4.90 Å². The number of anilines is 1. The van der Waals surface area contributed by atoms with Gasteiger partial charge in [0, 0.05) is 5.03 Å². The Morgan fingerprint density at radius 3 is 2.56 bits per heavy atom. The fraction of sp³-hybridized carbons (Fsp3) is 0.250. The average Bonchev–Trinajstić information content (AvgIpc) is 2.29. The first-order chi connectivity index (χ1) is 8.27. The molecular formula is C12H10ClF3N2. The molecule has 0 aliphatic heterocycles. The number of nitrogens with zero attached hydrogens (tertiary/aromatic N) is 2. The van der Waals surface area contributed by atoms with E-state index >= 15 is 0 Å². The van der Waals surface area contributed by atoms with Crippen molar-refractivity contribution < 1.29 is 13.2 Å². The number of hydrogen-bond acceptors (Lipinski definition) is 2. The van der Waals surface area contributed by atoms with Gasteiger partial charge in [0.25, 0.3) is 0 Å². The molecule has 96 valence electrons. The van der Waals surface area contributed by atoms with Gasteiger partial charge in [0.2, 0.25) is 0 Å². The molecular weight excluding hydrogens is 265 g/mol. The predicted octanol–water partition coefficient (Wildman–Crippen LogP) is 4.13. The summed E-state index contributed by atoms with van der Waals surface area (Å²) in [6.45, 7) is 5.05. The van der Waals surface area contributed by atoms with Crippen LogP contribution in [-0.2, 0) is 6.18 Å². The van der Waals surface area contributed by atoms with Gasteiger partial charge in [0.05, 0.1) is 17.3 Å². The van der Waals surface area contributed by atoms with E-state index in [1.807, 2.05) is 0 Å². The van der Waals surface area contributed by atoms with Crippen molar-refractivity contribution in [3.05, 3.63) is 41.4 Å². The quantitative estimate of drug-likeness (QED) is 0.612. The summed E-state index contributed by atoms with van der Waals surface area (Å²) in [5, 5.41) is 9.16. The van der Waals surface area contributed by atoms with Crippen molar-refractivity contribution in [1.29, 1.82) is 5.26 Å². The number of hydrogen-bond donors (Lipinski definition) is 0. The number of halogens is 4. The molecule has 0 heterocycles. The lowest BCUT2D eigenvalue weighted by atomic mass is 10.1. The maximum absolute atomic E-state index is 12.5. The minimum absolute atomic E-state index is 0.127. The summed E-state index contributed by atoms with van der Waals surface area (Å²) in [7, 11) is 0. The van der Waals surface area contributed by atoms with Crippen molar-refractivity contribution in [1.82, 2.24) is 0 Å². The summed E-state index contributed by atoms with van der Waals surface area (Å²) >= 11 is 5.67. The first kappa shape index (κ1) is 14.4. The van der Waals surface area contributed by atoms with E-state index in [0.29, 0.717) is 0 Å². The first-order valence-electron chi connectivity index (χ1n) is 4.98. The highest BCUT2D eigenvalue weighted by Crippen LogP contribution is 2.32. The van der Waals surface area contributed by atoms with E-state index in [-0.39, 0.29) is 10.7 Å². The molecule has 0 radical (unpaired) electrons. The minimum Gasteiger partial charge on any atom is -0.271 e. The van der Waals surface area contributed by atoms with Gasteiger partial charge in [-0.1, -0.05) is 24.2 Å². The van der Waals surface area contributed by atoms with Gasteiger partial charge in [-0.15, -0.1) is 0 Å². The van der Waals surface area contributed by atoms with Gasteiger partial charge >= 0.3 is 6.18 Å². The molecule has 1 atom stereocenters. The topological polar surface area (TPSA) is 27.0 Å². The Morgan fingerprint density at radius 1 is 1.50 bits per heavy atom. The van der Waals surface area contributed by atoms with Crippen LogP contribution in [0.5, 0.6) is 0 Å². The molecule has 1 unspecified atom stereocenters. The third-order valence-corrected chi connectivity index (χ3v) is 2.72. The molecule has 18 heavy (non-hydrogen) atoms. The molecule has 6 heteroatoms. The van der Waals surface area contributed by atoms with Crippen molar-refractivity contribution in [2.24, 2.45) is 0 Å². The molecule has 1 aromatic carbocycles. The van der Waals surface area contributed by atoms with Crippen molar-refractivity contribution in [3.8, 4) is 6.19 Å². The van der Waals surface area contributed by atoms with Crippen LogP contribution in [0.25, 0.3) is 0 Å². The summed E-state index contributed by atoms with van der Waals surface area (Å²) < 4.78 is 37.6. The zero-order valence-corrected chi connectivity index (χ0v) is 10.3. The number of rotatable bonds is 3. The smallest absolute Gasteiger partial charge is 0.271 e. The fourth-order valence-electron chi connectivity index (χ4n) is 1.34. The summed E-state index contributed by atoms with van der Waals surface area (Å²) in [6, 6.07) is 3.92. The summed E-state index contributed by atoms with van der Waals surface area (Å²) in [5.74, 6) is 0. The molecule has 0 saturated carbocycles. The largest absolute Gasteiger partial charge is 0.416 e. The maximum atomic E-state index is 12.5. The van der Waals surface area contributed by atoms with E-state index in [9.17, 15) is 13.2 Å². The SMILES string of the molecule is C=C(Cl)C(C)N(C#N)c1cccc(C(F)(F)F)c1. The van der Waals surface area contributed by atoms with E-state index in [2.05, 4.69) is 6.58 Å². The number of alkyl halides is 3. The summed E-state index contributed by atoms with van der Waals surface area (Å²) in [6.07, 6.45) is -2.65. The molecule has 0 aromatic heterocycles. The van der Waals surface area contributed by atoms with Crippen LogP contribution < -0.4 is 4.90 Å².